The Balaban J connectivity index is 2.09. The molecule has 1 amide bonds. The minimum atomic E-state index is 0.0229. The van der Waals surface area contributed by atoms with Crippen LogP contribution < -0.4 is 5.32 Å². The zero-order valence-electron chi connectivity index (χ0n) is 12.2. The van der Waals surface area contributed by atoms with E-state index in [2.05, 4.69) is 18.3 Å². The van der Waals surface area contributed by atoms with E-state index >= 15 is 0 Å². The Morgan fingerprint density at radius 3 is 3.05 bits per heavy atom. The molecule has 1 aliphatic heterocycles. The van der Waals surface area contributed by atoms with E-state index in [4.69, 9.17) is 11.6 Å². The third kappa shape index (κ3) is 3.53. The number of rotatable bonds is 5. The highest BCUT2D eigenvalue weighted by Crippen LogP contribution is 2.33. The van der Waals surface area contributed by atoms with E-state index in [9.17, 15) is 4.79 Å². The predicted octanol–water partition coefficient (Wildman–Crippen LogP) is 3.25. The van der Waals surface area contributed by atoms with Gasteiger partial charge in [0.25, 0.3) is 0 Å². The Labute approximate surface area is 126 Å². The smallest absolute Gasteiger partial charge is 0.227 e. The quantitative estimate of drug-likeness (QED) is 0.904. The maximum absolute atomic E-state index is 12.6. The molecule has 0 bridgehead atoms. The van der Waals surface area contributed by atoms with E-state index in [0.717, 1.165) is 43.1 Å². The molecule has 1 aromatic rings. The van der Waals surface area contributed by atoms with Crippen LogP contribution in [0.25, 0.3) is 0 Å². The first-order valence-electron chi connectivity index (χ1n) is 7.40. The van der Waals surface area contributed by atoms with Crippen LogP contribution in [-0.4, -0.2) is 30.4 Å². The molecule has 1 aromatic carbocycles. The Kier molecular flexibility index (Phi) is 5.44. The highest BCUT2D eigenvalue weighted by Gasteiger charge is 2.32. The number of benzene rings is 1. The molecule has 3 nitrogen and oxygen atoms in total. The highest BCUT2D eigenvalue weighted by molar-refractivity contribution is 6.30. The second-order valence-electron chi connectivity index (χ2n) is 5.45. The van der Waals surface area contributed by atoms with Crippen molar-refractivity contribution in [3.8, 4) is 0 Å². The molecule has 4 heteroatoms. The van der Waals surface area contributed by atoms with Crippen molar-refractivity contribution in [1.82, 2.24) is 10.2 Å². The molecule has 2 unspecified atom stereocenters. The summed E-state index contributed by atoms with van der Waals surface area (Å²) >= 11 is 6.07. The van der Waals surface area contributed by atoms with Crippen LogP contribution in [0.4, 0.5) is 0 Å². The normalized spacial score (nSPS) is 20.1. The summed E-state index contributed by atoms with van der Waals surface area (Å²) in [6.45, 7) is 6.55. The van der Waals surface area contributed by atoms with Crippen LogP contribution >= 0.6 is 11.6 Å². The van der Waals surface area contributed by atoms with Gasteiger partial charge in [-0.3, -0.25) is 4.79 Å². The van der Waals surface area contributed by atoms with Crippen LogP contribution in [0.2, 0.25) is 5.02 Å². The molecular weight excluding hydrogens is 272 g/mol. The van der Waals surface area contributed by atoms with Crippen molar-refractivity contribution < 1.29 is 4.79 Å². The molecule has 0 aromatic heterocycles. The molecule has 1 saturated heterocycles. The van der Waals surface area contributed by atoms with Crippen molar-refractivity contribution in [2.75, 3.05) is 19.6 Å². The Hall–Kier alpha value is -1.06. The van der Waals surface area contributed by atoms with Gasteiger partial charge in [-0.15, -0.1) is 0 Å². The van der Waals surface area contributed by atoms with Crippen LogP contribution in [0.3, 0.4) is 0 Å². The standard InChI is InChI=1S/C16H23ClN2O/c1-3-18-11-12(2)16(20)19-9-5-8-15(19)13-6-4-7-14(17)10-13/h4,6-7,10,12,15,18H,3,5,8-9,11H2,1-2H3. The number of hydrogen-bond acceptors (Lipinski definition) is 2. The predicted molar refractivity (Wildman–Crippen MR) is 82.8 cm³/mol. The van der Waals surface area contributed by atoms with Gasteiger partial charge in [-0.25, -0.2) is 0 Å². The van der Waals surface area contributed by atoms with E-state index in [0.29, 0.717) is 0 Å². The van der Waals surface area contributed by atoms with Gasteiger partial charge in [0.1, 0.15) is 0 Å². The maximum Gasteiger partial charge on any atom is 0.227 e. The summed E-state index contributed by atoms with van der Waals surface area (Å²) in [6.07, 6.45) is 2.09. The van der Waals surface area contributed by atoms with E-state index in [1.807, 2.05) is 30.0 Å². The van der Waals surface area contributed by atoms with Gasteiger partial charge in [-0.1, -0.05) is 37.6 Å². The van der Waals surface area contributed by atoms with Crippen LogP contribution in [0, 0.1) is 5.92 Å². The van der Waals surface area contributed by atoms with Crippen LogP contribution in [0.15, 0.2) is 24.3 Å². The molecule has 1 heterocycles. The number of nitrogens with zero attached hydrogens (tertiary/aromatic N) is 1. The average molecular weight is 295 g/mol. The molecule has 0 radical (unpaired) electrons. The summed E-state index contributed by atoms with van der Waals surface area (Å²) in [6, 6.07) is 8.06. The molecule has 1 fully saturated rings. The third-order valence-corrected chi connectivity index (χ3v) is 4.13. The fourth-order valence-electron chi connectivity index (χ4n) is 2.82. The molecule has 1 aliphatic rings. The summed E-state index contributed by atoms with van der Waals surface area (Å²) in [5.41, 5.74) is 1.15. The second kappa shape index (κ2) is 7.09. The average Bonchev–Trinajstić information content (AvgIpc) is 2.93. The van der Waals surface area contributed by atoms with Crippen LogP contribution in [0.1, 0.15) is 38.3 Å². The zero-order chi connectivity index (χ0) is 14.5. The lowest BCUT2D eigenvalue weighted by atomic mass is 10.0. The van der Waals surface area contributed by atoms with Gasteiger partial charge in [0.05, 0.1) is 6.04 Å². The van der Waals surface area contributed by atoms with Crippen molar-refractivity contribution in [3.63, 3.8) is 0 Å². The van der Waals surface area contributed by atoms with Crippen molar-refractivity contribution in [2.24, 2.45) is 5.92 Å². The first kappa shape index (κ1) is 15.3. The minimum Gasteiger partial charge on any atom is -0.335 e. The molecule has 20 heavy (non-hydrogen) atoms. The van der Waals surface area contributed by atoms with E-state index in [-0.39, 0.29) is 17.9 Å². The third-order valence-electron chi connectivity index (χ3n) is 3.89. The van der Waals surface area contributed by atoms with Gasteiger partial charge in [0, 0.05) is 24.0 Å². The number of carbonyl (C=O) groups is 1. The zero-order valence-corrected chi connectivity index (χ0v) is 13.0. The summed E-state index contributed by atoms with van der Waals surface area (Å²) < 4.78 is 0. The van der Waals surface area contributed by atoms with Crippen molar-refractivity contribution >= 4 is 17.5 Å². The Morgan fingerprint density at radius 2 is 2.35 bits per heavy atom. The largest absolute Gasteiger partial charge is 0.335 e. The first-order valence-corrected chi connectivity index (χ1v) is 7.78. The molecular formula is C16H23ClN2O. The monoisotopic (exact) mass is 294 g/mol. The fraction of sp³-hybridized carbons (Fsp3) is 0.562. The Morgan fingerprint density at radius 1 is 1.55 bits per heavy atom. The van der Waals surface area contributed by atoms with Gasteiger partial charge in [0.15, 0.2) is 0 Å². The lowest BCUT2D eigenvalue weighted by Gasteiger charge is -2.28. The second-order valence-corrected chi connectivity index (χ2v) is 5.89. The molecule has 1 N–H and O–H groups in total. The fourth-order valence-corrected chi connectivity index (χ4v) is 3.02. The van der Waals surface area contributed by atoms with Crippen molar-refractivity contribution in [3.05, 3.63) is 34.9 Å². The van der Waals surface area contributed by atoms with Gasteiger partial charge in [-0.05, 0) is 37.1 Å². The maximum atomic E-state index is 12.6. The SMILES string of the molecule is CCNCC(C)C(=O)N1CCCC1c1cccc(Cl)c1. The number of amides is 1. The number of likely N-dealkylation sites (tertiary alicyclic amines) is 1. The van der Waals surface area contributed by atoms with Gasteiger partial charge < -0.3 is 10.2 Å². The molecule has 0 spiro atoms. The topological polar surface area (TPSA) is 32.3 Å². The Bertz CT molecular complexity index is 464. The lowest BCUT2D eigenvalue weighted by molar-refractivity contribution is -0.135. The van der Waals surface area contributed by atoms with E-state index in [1.54, 1.807) is 0 Å². The summed E-state index contributed by atoms with van der Waals surface area (Å²) in [7, 11) is 0. The van der Waals surface area contributed by atoms with Gasteiger partial charge in [0.2, 0.25) is 5.91 Å². The van der Waals surface area contributed by atoms with Gasteiger partial charge >= 0.3 is 0 Å². The molecule has 2 rings (SSSR count). The van der Waals surface area contributed by atoms with E-state index in [1.165, 1.54) is 0 Å². The molecule has 110 valence electrons. The summed E-state index contributed by atoms with van der Waals surface area (Å²) in [5, 5.41) is 3.99. The summed E-state index contributed by atoms with van der Waals surface area (Å²) in [4.78, 5) is 14.6. The highest BCUT2D eigenvalue weighted by atomic mass is 35.5. The number of halogens is 1. The molecule has 2 atom stereocenters. The first-order chi connectivity index (χ1) is 9.63. The lowest BCUT2D eigenvalue weighted by Crippen LogP contribution is -2.38. The van der Waals surface area contributed by atoms with Gasteiger partial charge in [-0.2, -0.15) is 0 Å². The number of hydrogen-bond donors (Lipinski definition) is 1. The minimum absolute atomic E-state index is 0.0229. The van der Waals surface area contributed by atoms with Crippen LogP contribution in [-0.2, 0) is 4.79 Å². The number of nitrogens with one attached hydrogen (secondary N) is 1. The summed E-state index contributed by atoms with van der Waals surface area (Å²) in [5.74, 6) is 0.267. The van der Waals surface area contributed by atoms with Crippen molar-refractivity contribution in [1.29, 1.82) is 0 Å². The molecule has 0 saturated carbocycles. The van der Waals surface area contributed by atoms with Crippen molar-refractivity contribution in [2.45, 2.75) is 32.7 Å². The number of carbonyl (C=O) groups excluding carboxylic acids is 1. The molecule has 0 aliphatic carbocycles. The van der Waals surface area contributed by atoms with E-state index < -0.39 is 0 Å². The van der Waals surface area contributed by atoms with Crippen LogP contribution in [0.5, 0.6) is 0 Å².